The Bertz CT molecular complexity index is 490. The molecule has 0 fully saturated rings. The first kappa shape index (κ1) is 16.4. The minimum absolute atomic E-state index is 0.317. The highest BCUT2D eigenvalue weighted by Gasteiger charge is 2.21. The van der Waals surface area contributed by atoms with E-state index in [0.717, 1.165) is 10.0 Å². The zero-order valence-corrected chi connectivity index (χ0v) is 12.7. The zero-order chi connectivity index (χ0) is 14.8. The first-order chi connectivity index (χ1) is 9.69. The Morgan fingerprint density at radius 3 is 3.10 bits per heavy atom. The van der Waals surface area contributed by atoms with Crippen molar-refractivity contribution in [2.24, 2.45) is 5.11 Å². The van der Waals surface area contributed by atoms with E-state index in [1.165, 1.54) is 0 Å². The van der Waals surface area contributed by atoms with Gasteiger partial charge in [0.2, 0.25) is 0 Å². The fraction of sp³-hybridized carbons (Fsp3) is 0.500. The van der Waals surface area contributed by atoms with Crippen molar-refractivity contribution in [3.63, 3.8) is 0 Å². The number of nitrogens with one attached hydrogen (secondary N) is 1. The van der Waals surface area contributed by atoms with Crippen molar-refractivity contribution in [2.75, 3.05) is 19.7 Å². The molecular weight excluding hydrogens is 326 g/mol. The molecule has 8 heteroatoms. The molecule has 0 aliphatic heterocycles. The summed E-state index contributed by atoms with van der Waals surface area (Å²) in [5.41, 5.74) is 8.92. The normalized spacial score (nSPS) is 11.5. The number of pyridine rings is 1. The topological polar surface area (TPSA) is 100.0 Å². The van der Waals surface area contributed by atoms with Crippen molar-refractivity contribution in [3.05, 3.63) is 38.9 Å². The third kappa shape index (κ3) is 5.56. The molecule has 0 aromatic carbocycles. The maximum atomic E-state index is 12.0. The van der Waals surface area contributed by atoms with Crippen molar-refractivity contribution in [1.29, 1.82) is 0 Å². The minimum atomic E-state index is -0.578. The van der Waals surface area contributed by atoms with Gasteiger partial charge in [0.05, 0.1) is 6.61 Å². The van der Waals surface area contributed by atoms with Gasteiger partial charge in [0.1, 0.15) is 6.04 Å². The van der Waals surface area contributed by atoms with Crippen LogP contribution in [0, 0.1) is 0 Å². The number of carbonyl (C=O) groups excluding carboxylic acids is 1. The van der Waals surface area contributed by atoms with E-state index in [1.807, 2.05) is 6.07 Å². The number of esters is 1. The number of halogens is 1. The standard InChI is InChI=1S/C12H16BrN5O2/c1-2-20-12(19)11(16-4-3-5-17-18-14)9-6-10(13)8-15-7-9/h6-8,11,16H,2-5H2,1H3. The van der Waals surface area contributed by atoms with Crippen LogP contribution in [0.15, 0.2) is 28.0 Å². The molecule has 1 heterocycles. The van der Waals surface area contributed by atoms with E-state index in [-0.39, 0.29) is 5.97 Å². The van der Waals surface area contributed by atoms with Gasteiger partial charge in [-0.2, -0.15) is 0 Å². The van der Waals surface area contributed by atoms with E-state index < -0.39 is 6.04 Å². The molecule has 1 aromatic rings. The number of ether oxygens (including phenoxy) is 1. The quantitative estimate of drug-likeness (QED) is 0.258. The number of nitrogens with zero attached hydrogens (tertiary/aromatic N) is 4. The molecule has 0 bridgehead atoms. The molecule has 0 saturated heterocycles. The smallest absolute Gasteiger partial charge is 0.327 e. The molecule has 7 nitrogen and oxygen atoms in total. The third-order valence-electron chi connectivity index (χ3n) is 2.43. The molecule has 0 amide bonds. The van der Waals surface area contributed by atoms with Crippen LogP contribution in [-0.2, 0) is 9.53 Å². The monoisotopic (exact) mass is 341 g/mol. The van der Waals surface area contributed by atoms with Gasteiger partial charge >= 0.3 is 5.97 Å². The second-order valence-corrected chi connectivity index (χ2v) is 4.80. The summed E-state index contributed by atoms with van der Waals surface area (Å²) in [6.45, 7) is 3.00. The average molecular weight is 342 g/mol. The van der Waals surface area contributed by atoms with Crippen LogP contribution < -0.4 is 5.32 Å². The summed E-state index contributed by atoms with van der Waals surface area (Å²) in [7, 11) is 0. The maximum Gasteiger partial charge on any atom is 0.327 e. The lowest BCUT2D eigenvalue weighted by Crippen LogP contribution is -2.31. The lowest BCUT2D eigenvalue weighted by molar-refractivity contribution is -0.145. The van der Waals surface area contributed by atoms with Gasteiger partial charge in [0.15, 0.2) is 0 Å². The Labute approximate surface area is 125 Å². The first-order valence-electron chi connectivity index (χ1n) is 6.20. The van der Waals surface area contributed by atoms with Crippen molar-refractivity contribution in [2.45, 2.75) is 19.4 Å². The van der Waals surface area contributed by atoms with Gasteiger partial charge in [-0.15, -0.1) is 0 Å². The van der Waals surface area contributed by atoms with Gasteiger partial charge in [0.25, 0.3) is 0 Å². The first-order valence-corrected chi connectivity index (χ1v) is 6.99. The summed E-state index contributed by atoms with van der Waals surface area (Å²) in [6, 6.07) is 1.24. The number of hydrogen-bond acceptors (Lipinski definition) is 5. The van der Waals surface area contributed by atoms with E-state index in [4.69, 9.17) is 10.3 Å². The summed E-state index contributed by atoms with van der Waals surface area (Å²) in [6.07, 6.45) is 3.90. The highest BCUT2D eigenvalue weighted by molar-refractivity contribution is 9.10. The Morgan fingerprint density at radius 1 is 1.65 bits per heavy atom. The Morgan fingerprint density at radius 2 is 2.45 bits per heavy atom. The van der Waals surface area contributed by atoms with Crippen LogP contribution >= 0.6 is 15.9 Å². The molecule has 1 rings (SSSR count). The predicted molar refractivity (Wildman–Crippen MR) is 77.9 cm³/mol. The van der Waals surface area contributed by atoms with E-state index in [9.17, 15) is 4.79 Å². The molecule has 0 aliphatic rings. The van der Waals surface area contributed by atoms with Gasteiger partial charge in [-0.3, -0.25) is 4.98 Å². The number of hydrogen-bond donors (Lipinski definition) is 1. The molecular formula is C12H16BrN5O2. The van der Waals surface area contributed by atoms with Gasteiger partial charge in [-0.05, 0) is 53.0 Å². The Balaban J connectivity index is 2.70. The predicted octanol–water partition coefficient (Wildman–Crippen LogP) is 2.74. The minimum Gasteiger partial charge on any atom is -0.465 e. The van der Waals surface area contributed by atoms with Crippen molar-refractivity contribution in [3.8, 4) is 0 Å². The lowest BCUT2D eigenvalue weighted by Gasteiger charge is -2.17. The van der Waals surface area contributed by atoms with E-state index >= 15 is 0 Å². The van der Waals surface area contributed by atoms with Crippen LogP contribution in [-0.4, -0.2) is 30.6 Å². The fourth-order valence-electron chi connectivity index (χ4n) is 1.59. The SMILES string of the molecule is CCOC(=O)C(NCCCN=[N+]=[N-])c1cncc(Br)c1. The average Bonchev–Trinajstić information content (AvgIpc) is 2.43. The molecule has 0 saturated carbocycles. The van der Waals surface area contributed by atoms with E-state index in [0.29, 0.717) is 26.1 Å². The van der Waals surface area contributed by atoms with Gasteiger partial charge in [-0.1, -0.05) is 5.11 Å². The van der Waals surface area contributed by atoms with E-state index in [1.54, 1.807) is 19.3 Å². The van der Waals surface area contributed by atoms with Gasteiger partial charge < -0.3 is 10.1 Å². The second-order valence-electron chi connectivity index (χ2n) is 3.88. The largest absolute Gasteiger partial charge is 0.465 e. The highest BCUT2D eigenvalue weighted by Crippen LogP contribution is 2.18. The van der Waals surface area contributed by atoms with Crippen LogP contribution in [0.5, 0.6) is 0 Å². The number of rotatable bonds is 8. The maximum absolute atomic E-state index is 12.0. The molecule has 1 N–H and O–H groups in total. The Kier molecular flexibility index (Phi) is 7.64. The van der Waals surface area contributed by atoms with Crippen molar-refractivity contribution in [1.82, 2.24) is 10.3 Å². The molecule has 0 aliphatic carbocycles. The lowest BCUT2D eigenvalue weighted by atomic mass is 10.1. The molecule has 0 radical (unpaired) electrons. The van der Waals surface area contributed by atoms with Gasteiger partial charge in [0, 0.05) is 28.3 Å². The molecule has 1 unspecified atom stereocenters. The molecule has 0 spiro atoms. The summed E-state index contributed by atoms with van der Waals surface area (Å²) in [5.74, 6) is -0.351. The van der Waals surface area contributed by atoms with Crippen LogP contribution in [0.25, 0.3) is 10.4 Å². The van der Waals surface area contributed by atoms with Crippen LogP contribution in [0.1, 0.15) is 24.9 Å². The van der Waals surface area contributed by atoms with Crippen LogP contribution in [0.3, 0.4) is 0 Å². The highest BCUT2D eigenvalue weighted by atomic mass is 79.9. The number of azide groups is 1. The number of aromatic nitrogens is 1. The summed E-state index contributed by atoms with van der Waals surface area (Å²) >= 11 is 3.32. The van der Waals surface area contributed by atoms with Crippen molar-refractivity contribution < 1.29 is 9.53 Å². The molecule has 108 valence electrons. The van der Waals surface area contributed by atoms with Crippen LogP contribution in [0.4, 0.5) is 0 Å². The van der Waals surface area contributed by atoms with Crippen molar-refractivity contribution >= 4 is 21.9 Å². The molecule has 1 atom stereocenters. The van der Waals surface area contributed by atoms with Crippen LogP contribution in [0.2, 0.25) is 0 Å². The summed E-state index contributed by atoms with van der Waals surface area (Å²) < 4.78 is 5.84. The second kappa shape index (κ2) is 9.30. The van der Waals surface area contributed by atoms with Gasteiger partial charge in [-0.25, -0.2) is 4.79 Å². The fourth-order valence-corrected chi connectivity index (χ4v) is 1.97. The summed E-state index contributed by atoms with van der Waals surface area (Å²) in [4.78, 5) is 18.7. The Hall–Kier alpha value is -1.63. The zero-order valence-electron chi connectivity index (χ0n) is 11.1. The number of carbonyl (C=O) groups is 1. The molecule has 20 heavy (non-hydrogen) atoms. The van der Waals surface area contributed by atoms with E-state index in [2.05, 4.69) is 36.3 Å². The molecule has 1 aromatic heterocycles. The third-order valence-corrected chi connectivity index (χ3v) is 2.86. The summed E-state index contributed by atoms with van der Waals surface area (Å²) in [5, 5.41) is 6.53.